The molecule has 7 nitrogen and oxygen atoms in total. The van der Waals surface area contributed by atoms with E-state index in [0.717, 1.165) is 24.6 Å². The van der Waals surface area contributed by atoms with Crippen LogP contribution in [0.5, 0.6) is 0 Å². The number of rotatable bonds is 9. The number of carbonyl (C=O) groups is 1. The van der Waals surface area contributed by atoms with Crippen LogP contribution < -0.4 is 15.8 Å². The van der Waals surface area contributed by atoms with Crippen molar-refractivity contribution >= 4 is 45.7 Å². The lowest BCUT2D eigenvalue weighted by Gasteiger charge is -2.33. The van der Waals surface area contributed by atoms with Gasteiger partial charge in [0.25, 0.3) is 0 Å². The first-order chi connectivity index (χ1) is 13.6. The quantitative estimate of drug-likeness (QED) is 0.443. The molecular weight excluding hydrogens is 422 g/mol. The highest BCUT2D eigenvalue weighted by Gasteiger charge is 2.37. The van der Waals surface area contributed by atoms with Gasteiger partial charge in [-0.2, -0.15) is 3.89 Å². The highest BCUT2D eigenvalue weighted by atomic mass is 32.2. The maximum Gasteiger partial charge on any atom is 0.247 e. The average Bonchev–Trinajstić information content (AvgIpc) is 2.64. The number of halogens is 2. The number of hydrogen-bond donors (Lipinski definition) is 4. The number of carbonyl (C=O) groups excluding carboxylic acids is 1. The Hall–Kier alpha value is -2.66. The number of hydrogen-bond acceptors (Lipinski definition) is 6. The zero-order valence-electron chi connectivity index (χ0n) is 15.6. The Kier molecular flexibility index (Phi) is 6.85. The molecule has 2 rings (SSSR count). The molecule has 0 radical (unpaired) electrons. The Labute approximate surface area is 171 Å². The van der Waals surface area contributed by atoms with Crippen molar-refractivity contribution in [2.24, 2.45) is 5.73 Å². The second kappa shape index (κ2) is 8.78. The molecule has 1 unspecified atom stereocenters. The molecule has 5 N–H and O–H groups in total. The van der Waals surface area contributed by atoms with Gasteiger partial charge in [-0.05, 0) is 36.2 Å². The minimum Gasteiger partial charge on any atom is -0.367 e. The molecule has 1 atom stereocenters. The molecule has 0 heterocycles. The molecule has 0 saturated heterocycles. The zero-order chi connectivity index (χ0) is 21.8. The minimum absolute atomic E-state index is 0.00394. The molecule has 0 fully saturated rings. The van der Waals surface area contributed by atoms with E-state index in [1.807, 2.05) is 0 Å². The van der Waals surface area contributed by atoms with E-state index in [0.29, 0.717) is 10.5 Å². The molecule has 0 aliphatic carbocycles. The molecule has 0 spiro atoms. The van der Waals surface area contributed by atoms with Crippen LogP contribution in [0.1, 0.15) is 24.5 Å². The summed E-state index contributed by atoms with van der Waals surface area (Å²) in [6.45, 7) is 1.68. The van der Waals surface area contributed by atoms with Crippen molar-refractivity contribution in [3.8, 4) is 0 Å². The fourth-order valence-corrected chi connectivity index (χ4v) is 3.73. The second-order valence-corrected chi connectivity index (χ2v) is 8.66. The first-order valence-corrected chi connectivity index (χ1v) is 11.0. The van der Waals surface area contributed by atoms with Crippen molar-refractivity contribution in [1.29, 1.82) is 5.41 Å². The van der Waals surface area contributed by atoms with Gasteiger partial charge in [0.05, 0.1) is 24.1 Å². The Balaban J connectivity index is 2.64. The van der Waals surface area contributed by atoms with Crippen LogP contribution in [-0.4, -0.2) is 26.8 Å². The fourth-order valence-electron chi connectivity index (χ4n) is 2.92. The van der Waals surface area contributed by atoms with Crippen LogP contribution in [0, 0.1) is 11.2 Å². The highest BCUT2D eigenvalue weighted by molar-refractivity contribution is 7.94. The van der Waals surface area contributed by atoms with E-state index in [1.165, 1.54) is 24.3 Å². The van der Waals surface area contributed by atoms with E-state index < -0.39 is 27.3 Å². The largest absolute Gasteiger partial charge is 0.367 e. The van der Waals surface area contributed by atoms with Gasteiger partial charge in [-0.25, -0.2) is 12.8 Å². The van der Waals surface area contributed by atoms with Gasteiger partial charge in [-0.15, -0.1) is 0 Å². The van der Waals surface area contributed by atoms with Crippen LogP contribution in [0.3, 0.4) is 0 Å². The van der Waals surface area contributed by atoms with Crippen LogP contribution in [0.4, 0.5) is 19.7 Å². The summed E-state index contributed by atoms with van der Waals surface area (Å²) in [4.78, 5) is 12.8. The van der Waals surface area contributed by atoms with Crippen LogP contribution >= 0.6 is 12.1 Å². The smallest absolute Gasteiger partial charge is 0.247 e. The predicted molar refractivity (Wildman–Crippen MR) is 111 cm³/mol. The molecule has 0 aromatic heterocycles. The van der Waals surface area contributed by atoms with Gasteiger partial charge in [0.15, 0.2) is 0 Å². The highest BCUT2D eigenvalue weighted by Crippen LogP contribution is 2.35. The number of benzene rings is 2. The van der Waals surface area contributed by atoms with Crippen LogP contribution in [0.25, 0.3) is 0 Å². The molecule has 2 aromatic rings. The Morgan fingerprint density at radius 1 is 1.28 bits per heavy atom. The van der Waals surface area contributed by atoms with E-state index >= 15 is 0 Å². The number of anilines is 2. The summed E-state index contributed by atoms with van der Waals surface area (Å²) in [5, 5.41) is 10.5. The Morgan fingerprint density at radius 2 is 1.86 bits per heavy atom. The van der Waals surface area contributed by atoms with Crippen molar-refractivity contribution in [1.82, 2.24) is 0 Å². The van der Waals surface area contributed by atoms with E-state index in [4.69, 9.17) is 11.1 Å². The molecule has 11 heteroatoms. The Morgan fingerprint density at radius 3 is 2.31 bits per heavy atom. The average molecular weight is 443 g/mol. The summed E-state index contributed by atoms with van der Waals surface area (Å²) in [6, 6.07) is 7.93. The van der Waals surface area contributed by atoms with E-state index in [1.54, 1.807) is 6.92 Å². The summed E-state index contributed by atoms with van der Waals surface area (Å²) in [6.07, 6.45) is 1.87. The minimum atomic E-state index is -3.75. The maximum atomic E-state index is 14.2. The summed E-state index contributed by atoms with van der Waals surface area (Å²) in [5.41, 5.74) is 4.41. The van der Waals surface area contributed by atoms with Gasteiger partial charge in [-0.1, -0.05) is 19.1 Å². The molecule has 2 aromatic carbocycles. The summed E-state index contributed by atoms with van der Waals surface area (Å²) in [7, 11) is -3.75. The monoisotopic (exact) mass is 442 g/mol. The summed E-state index contributed by atoms with van der Waals surface area (Å²) >= 11 is 0.0422. The Bertz CT molecular complexity index is 1030. The molecule has 0 bridgehead atoms. The number of nitrogens with two attached hydrogens (primary N) is 1. The zero-order valence-corrected chi connectivity index (χ0v) is 17.3. The summed E-state index contributed by atoms with van der Waals surface area (Å²) in [5.74, 6) is -1.57. The lowest BCUT2D eigenvalue weighted by molar-refractivity contribution is -0.122. The lowest BCUT2D eigenvalue weighted by atomic mass is 9.85. The SMILES string of the molecule is CCC(Nc1cc(F)cc(NS(C)(=O)=O)c1C=N)(C(N)=O)c1ccc(SF)cc1. The van der Waals surface area contributed by atoms with Crippen LogP contribution in [0.15, 0.2) is 41.3 Å². The lowest BCUT2D eigenvalue weighted by Crippen LogP contribution is -2.47. The maximum absolute atomic E-state index is 14.2. The van der Waals surface area contributed by atoms with E-state index in [9.17, 15) is 21.5 Å². The first kappa shape index (κ1) is 22.6. The van der Waals surface area contributed by atoms with Gasteiger partial charge in [0.2, 0.25) is 15.9 Å². The molecular formula is C18H20F2N4O3S2. The van der Waals surface area contributed by atoms with Crippen LogP contribution in [0.2, 0.25) is 0 Å². The normalized spacial score (nSPS) is 13.4. The topological polar surface area (TPSA) is 125 Å². The van der Waals surface area contributed by atoms with Gasteiger partial charge in [0.1, 0.15) is 11.4 Å². The predicted octanol–water partition coefficient (Wildman–Crippen LogP) is 3.37. The molecule has 0 aliphatic heterocycles. The third kappa shape index (κ3) is 5.04. The van der Waals surface area contributed by atoms with Crippen LogP contribution in [-0.2, 0) is 20.4 Å². The number of nitrogens with one attached hydrogen (secondary N) is 3. The number of primary amides is 1. The van der Waals surface area contributed by atoms with Gasteiger partial charge in [0, 0.05) is 22.4 Å². The third-order valence-electron chi connectivity index (χ3n) is 4.32. The van der Waals surface area contributed by atoms with Crippen molar-refractivity contribution in [2.45, 2.75) is 23.8 Å². The molecule has 0 saturated carbocycles. The van der Waals surface area contributed by atoms with E-state index in [2.05, 4.69) is 10.0 Å². The number of amides is 1. The van der Waals surface area contributed by atoms with Crippen molar-refractivity contribution in [2.75, 3.05) is 16.3 Å². The third-order valence-corrected chi connectivity index (χ3v) is 5.36. The standard InChI is InChI=1S/C18H20F2N4O3S2/c1-3-18(17(22)25,11-4-6-13(28-20)7-5-11)23-15-8-12(19)9-16(14(15)10-21)24-29(2,26)27/h4-10,21,23-24H,3H2,1-2H3,(H2,22,25). The first-order valence-electron chi connectivity index (χ1n) is 8.35. The van der Waals surface area contributed by atoms with Crippen molar-refractivity contribution in [3.63, 3.8) is 0 Å². The number of sulfonamides is 1. The fraction of sp³-hybridized carbons (Fsp3) is 0.222. The van der Waals surface area contributed by atoms with E-state index in [-0.39, 0.29) is 35.5 Å². The molecule has 156 valence electrons. The van der Waals surface area contributed by atoms with Gasteiger partial charge < -0.3 is 16.5 Å². The molecule has 0 aliphatic rings. The molecule has 29 heavy (non-hydrogen) atoms. The summed E-state index contributed by atoms with van der Waals surface area (Å²) < 4.78 is 52.3. The second-order valence-electron chi connectivity index (χ2n) is 6.28. The van der Waals surface area contributed by atoms with Gasteiger partial charge >= 0.3 is 0 Å². The van der Waals surface area contributed by atoms with Crippen molar-refractivity contribution < 1.29 is 21.5 Å². The van der Waals surface area contributed by atoms with Crippen molar-refractivity contribution in [3.05, 3.63) is 53.3 Å². The molecule has 1 amide bonds. The van der Waals surface area contributed by atoms with Gasteiger partial charge in [-0.3, -0.25) is 9.52 Å².